The van der Waals surface area contributed by atoms with Crippen LogP contribution in [0.1, 0.15) is 50.7 Å². The molecule has 0 heterocycles. The van der Waals surface area contributed by atoms with Crippen molar-refractivity contribution in [1.29, 1.82) is 0 Å². The molecule has 1 rings (SSSR count). The second-order valence-corrected chi connectivity index (χ2v) is 5.50. The Kier molecular flexibility index (Phi) is 6.21. The molecule has 5 heteroatoms. The van der Waals surface area contributed by atoms with E-state index in [4.69, 9.17) is 0 Å². The summed E-state index contributed by atoms with van der Waals surface area (Å²) in [6.07, 6.45) is 0. The number of ether oxygens (including phenoxy) is 1. The molecule has 0 aliphatic rings. The summed E-state index contributed by atoms with van der Waals surface area (Å²) in [5.74, 6) is 0.102. The van der Waals surface area contributed by atoms with Gasteiger partial charge in [-0.3, -0.25) is 4.79 Å². The van der Waals surface area contributed by atoms with Crippen molar-refractivity contribution in [2.45, 2.75) is 39.5 Å². The summed E-state index contributed by atoms with van der Waals surface area (Å²) in [6.45, 7) is 8.17. The third-order valence-electron chi connectivity index (χ3n) is 3.23. The van der Waals surface area contributed by atoms with E-state index in [0.29, 0.717) is 11.8 Å². The lowest BCUT2D eigenvalue weighted by Gasteiger charge is -2.20. The summed E-state index contributed by atoms with van der Waals surface area (Å²) in [5, 5.41) is 5.35. The minimum absolute atomic E-state index is 0.150. The van der Waals surface area contributed by atoms with E-state index in [1.54, 1.807) is 0 Å². The van der Waals surface area contributed by atoms with Crippen molar-refractivity contribution in [2.75, 3.05) is 19.0 Å². The topological polar surface area (TPSA) is 67.4 Å². The predicted octanol–water partition coefficient (Wildman–Crippen LogP) is 3.23. The van der Waals surface area contributed by atoms with Crippen LogP contribution in [-0.2, 0) is 9.53 Å². The Balaban J connectivity index is 2.94. The lowest BCUT2D eigenvalue weighted by atomic mass is 9.93. The number of hydrogen-bond acceptors (Lipinski definition) is 3. The zero-order valence-electron chi connectivity index (χ0n) is 13.3. The van der Waals surface area contributed by atoms with E-state index in [1.165, 1.54) is 7.11 Å². The van der Waals surface area contributed by atoms with Crippen LogP contribution in [-0.4, -0.2) is 25.7 Å². The smallest absolute Gasteiger partial charge is 0.325 e. The first kappa shape index (κ1) is 17.0. The first-order valence-electron chi connectivity index (χ1n) is 7.11. The van der Waals surface area contributed by atoms with Crippen LogP contribution in [0.15, 0.2) is 18.2 Å². The molecule has 0 saturated heterocycles. The molecule has 0 fully saturated rings. The van der Waals surface area contributed by atoms with Gasteiger partial charge in [0.25, 0.3) is 0 Å². The molecule has 21 heavy (non-hydrogen) atoms. The highest BCUT2D eigenvalue weighted by Gasteiger charge is 2.16. The summed E-state index contributed by atoms with van der Waals surface area (Å²) < 4.78 is 4.49. The summed E-state index contributed by atoms with van der Waals surface area (Å²) in [5.41, 5.74) is 2.98. The standard InChI is InChI=1S/C16H24N2O3/c1-10(2)12-7-6-8-13(11(3)4)15(12)18-16(20)17-9-14(19)21-5/h6-8,10-11H,9H2,1-5H3,(H2,17,18,20). The second kappa shape index (κ2) is 7.67. The fourth-order valence-electron chi connectivity index (χ4n) is 2.08. The van der Waals surface area contributed by atoms with Gasteiger partial charge in [0, 0.05) is 5.69 Å². The number of hydrogen-bond donors (Lipinski definition) is 2. The molecule has 116 valence electrons. The van der Waals surface area contributed by atoms with E-state index in [1.807, 2.05) is 18.2 Å². The third kappa shape index (κ3) is 4.77. The molecule has 0 atom stereocenters. The largest absolute Gasteiger partial charge is 0.468 e. The van der Waals surface area contributed by atoms with Gasteiger partial charge in [0.05, 0.1) is 7.11 Å². The van der Waals surface area contributed by atoms with Crippen molar-refractivity contribution in [1.82, 2.24) is 5.32 Å². The first-order valence-corrected chi connectivity index (χ1v) is 7.11. The maximum Gasteiger partial charge on any atom is 0.325 e. The van der Waals surface area contributed by atoms with Gasteiger partial charge in [0.2, 0.25) is 0 Å². The fraction of sp³-hybridized carbons (Fsp3) is 0.500. The maximum atomic E-state index is 12.0. The second-order valence-electron chi connectivity index (χ2n) is 5.50. The maximum absolute atomic E-state index is 12.0. The van der Waals surface area contributed by atoms with Gasteiger partial charge in [0.1, 0.15) is 6.54 Å². The van der Waals surface area contributed by atoms with Crippen LogP contribution in [0.4, 0.5) is 10.5 Å². The van der Waals surface area contributed by atoms with Crippen molar-refractivity contribution >= 4 is 17.7 Å². The van der Waals surface area contributed by atoms with Crippen LogP contribution < -0.4 is 10.6 Å². The molecule has 5 nitrogen and oxygen atoms in total. The van der Waals surface area contributed by atoms with E-state index in [0.717, 1.165) is 16.8 Å². The fourth-order valence-corrected chi connectivity index (χ4v) is 2.08. The molecule has 1 aromatic rings. The number of para-hydroxylation sites is 1. The molecular weight excluding hydrogens is 268 g/mol. The van der Waals surface area contributed by atoms with Gasteiger partial charge in [-0.15, -0.1) is 0 Å². The molecule has 2 N–H and O–H groups in total. The molecule has 0 unspecified atom stereocenters. The summed E-state index contributed by atoms with van der Waals surface area (Å²) in [6, 6.07) is 5.61. The SMILES string of the molecule is COC(=O)CNC(=O)Nc1c(C(C)C)cccc1C(C)C. The van der Waals surface area contributed by atoms with E-state index in [2.05, 4.69) is 43.1 Å². The van der Waals surface area contributed by atoms with Crippen molar-refractivity contribution in [3.63, 3.8) is 0 Å². The van der Waals surface area contributed by atoms with Crippen LogP contribution in [0, 0.1) is 0 Å². The van der Waals surface area contributed by atoms with Crippen LogP contribution >= 0.6 is 0 Å². The summed E-state index contributed by atoms with van der Waals surface area (Å²) >= 11 is 0. The van der Waals surface area contributed by atoms with Gasteiger partial charge in [-0.25, -0.2) is 4.79 Å². The minimum Gasteiger partial charge on any atom is -0.468 e. The van der Waals surface area contributed by atoms with Crippen LogP contribution in [0.25, 0.3) is 0 Å². The number of carbonyl (C=O) groups excluding carboxylic acids is 2. The van der Waals surface area contributed by atoms with E-state index in [9.17, 15) is 9.59 Å². The van der Waals surface area contributed by atoms with Crippen molar-refractivity contribution in [2.24, 2.45) is 0 Å². The van der Waals surface area contributed by atoms with Gasteiger partial charge < -0.3 is 15.4 Å². The van der Waals surface area contributed by atoms with Gasteiger partial charge in [-0.1, -0.05) is 45.9 Å². The molecule has 0 spiro atoms. The number of amides is 2. The quantitative estimate of drug-likeness (QED) is 0.819. The number of anilines is 1. The molecule has 0 radical (unpaired) electrons. The Bertz CT molecular complexity index is 484. The van der Waals surface area contributed by atoms with Crippen molar-refractivity contribution in [3.05, 3.63) is 29.3 Å². The zero-order valence-corrected chi connectivity index (χ0v) is 13.3. The number of esters is 1. The molecular formula is C16H24N2O3. The van der Waals surface area contributed by atoms with Crippen molar-refractivity contribution < 1.29 is 14.3 Å². The predicted molar refractivity (Wildman–Crippen MR) is 83.7 cm³/mol. The monoisotopic (exact) mass is 292 g/mol. The number of methoxy groups -OCH3 is 1. The highest BCUT2D eigenvalue weighted by atomic mass is 16.5. The molecule has 0 saturated carbocycles. The Morgan fingerprint density at radius 1 is 1.10 bits per heavy atom. The average Bonchev–Trinajstić information content (AvgIpc) is 2.44. The van der Waals surface area contributed by atoms with Gasteiger partial charge in [0.15, 0.2) is 0 Å². The molecule has 0 aliphatic carbocycles. The number of nitrogens with one attached hydrogen (secondary N) is 2. The molecule has 0 aliphatic heterocycles. The normalized spacial score (nSPS) is 10.6. The summed E-state index contributed by atoms with van der Waals surface area (Å²) in [4.78, 5) is 23.0. The number of benzene rings is 1. The lowest BCUT2D eigenvalue weighted by molar-refractivity contribution is -0.139. The van der Waals surface area contributed by atoms with E-state index < -0.39 is 12.0 Å². The molecule has 2 amide bonds. The molecule has 0 aromatic heterocycles. The average molecular weight is 292 g/mol. The molecule has 0 bridgehead atoms. The Morgan fingerprint density at radius 2 is 1.62 bits per heavy atom. The Labute approximate surface area is 126 Å². The van der Waals surface area contributed by atoms with Crippen LogP contribution in [0.5, 0.6) is 0 Å². The van der Waals surface area contributed by atoms with E-state index >= 15 is 0 Å². The minimum atomic E-state index is -0.480. The van der Waals surface area contributed by atoms with Gasteiger partial charge >= 0.3 is 12.0 Å². The van der Waals surface area contributed by atoms with Gasteiger partial charge in [-0.2, -0.15) is 0 Å². The zero-order chi connectivity index (χ0) is 16.0. The van der Waals surface area contributed by atoms with Crippen LogP contribution in [0.2, 0.25) is 0 Å². The Morgan fingerprint density at radius 3 is 2.05 bits per heavy atom. The Hall–Kier alpha value is -2.04. The number of urea groups is 1. The van der Waals surface area contributed by atoms with Gasteiger partial charge in [-0.05, 0) is 23.0 Å². The van der Waals surface area contributed by atoms with E-state index in [-0.39, 0.29) is 6.54 Å². The number of rotatable bonds is 5. The molecule has 1 aromatic carbocycles. The third-order valence-corrected chi connectivity index (χ3v) is 3.23. The van der Waals surface area contributed by atoms with Crippen molar-refractivity contribution in [3.8, 4) is 0 Å². The summed E-state index contributed by atoms with van der Waals surface area (Å²) in [7, 11) is 1.28. The first-order chi connectivity index (χ1) is 9.86. The number of carbonyl (C=O) groups is 2. The highest BCUT2D eigenvalue weighted by molar-refractivity contribution is 5.93. The highest BCUT2D eigenvalue weighted by Crippen LogP contribution is 2.32. The van der Waals surface area contributed by atoms with Crippen LogP contribution in [0.3, 0.4) is 0 Å². The lowest BCUT2D eigenvalue weighted by Crippen LogP contribution is -2.34.